The average Bonchev–Trinajstić information content (AvgIpc) is 2.65. The van der Waals surface area contributed by atoms with E-state index in [0.717, 1.165) is 24.1 Å². The number of hydrogen-bond acceptors (Lipinski definition) is 2. The lowest BCUT2D eigenvalue weighted by Crippen LogP contribution is -2.29. The zero-order valence-corrected chi connectivity index (χ0v) is 15.5. The Hall–Kier alpha value is -2.76. The fraction of sp³-hybridized carbons (Fsp3) is 0.333. The highest BCUT2D eigenvalue weighted by molar-refractivity contribution is 5.94. The van der Waals surface area contributed by atoms with Gasteiger partial charge in [-0.1, -0.05) is 31.2 Å². The van der Waals surface area contributed by atoms with Gasteiger partial charge in [0, 0.05) is 19.0 Å². The normalized spacial score (nSPS) is 11.7. The number of carbonyl (C=O) groups is 2. The van der Waals surface area contributed by atoms with Crippen molar-refractivity contribution in [3.8, 4) is 0 Å². The van der Waals surface area contributed by atoms with E-state index in [4.69, 9.17) is 0 Å². The molecule has 2 aromatic rings. The SMILES string of the molecule is CCc1ccc(C(C)NC(=O)CCCNC(=O)c2ccc(F)cc2F)cc1. The second-order valence-corrected chi connectivity index (χ2v) is 6.37. The molecular weight excluding hydrogens is 350 g/mol. The summed E-state index contributed by atoms with van der Waals surface area (Å²) in [6.07, 6.45) is 1.63. The highest BCUT2D eigenvalue weighted by Gasteiger charge is 2.13. The molecule has 0 saturated carbocycles. The minimum atomic E-state index is -0.909. The standard InChI is InChI=1S/C21H24F2N2O2/c1-3-15-6-8-16(9-7-15)14(2)25-20(26)5-4-12-24-21(27)18-11-10-17(22)13-19(18)23/h6-11,13-14H,3-5,12H2,1-2H3,(H,24,27)(H,25,26). The van der Waals surface area contributed by atoms with E-state index in [0.29, 0.717) is 12.5 Å². The highest BCUT2D eigenvalue weighted by atomic mass is 19.1. The molecule has 1 unspecified atom stereocenters. The summed E-state index contributed by atoms with van der Waals surface area (Å²) in [6, 6.07) is 10.8. The lowest BCUT2D eigenvalue weighted by Gasteiger charge is -2.15. The second-order valence-electron chi connectivity index (χ2n) is 6.37. The molecule has 0 aliphatic heterocycles. The van der Waals surface area contributed by atoms with E-state index in [1.54, 1.807) is 0 Å². The first-order valence-corrected chi connectivity index (χ1v) is 9.02. The van der Waals surface area contributed by atoms with Crippen molar-refractivity contribution in [2.45, 2.75) is 39.2 Å². The summed E-state index contributed by atoms with van der Waals surface area (Å²) in [4.78, 5) is 23.9. The van der Waals surface area contributed by atoms with Gasteiger partial charge in [-0.05, 0) is 43.0 Å². The van der Waals surface area contributed by atoms with Crippen LogP contribution < -0.4 is 10.6 Å². The average molecular weight is 374 g/mol. The van der Waals surface area contributed by atoms with Crippen molar-refractivity contribution in [1.82, 2.24) is 10.6 Å². The van der Waals surface area contributed by atoms with Gasteiger partial charge in [0.1, 0.15) is 11.6 Å². The predicted octanol–water partition coefficient (Wildman–Crippen LogP) is 3.91. The van der Waals surface area contributed by atoms with Crippen LogP contribution in [0.3, 0.4) is 0 Å². The van der Waals surface area contributed by atoms with E-state index in [1.807, 2.05) is 31.2 Å². The molecule has 0 radical (unpaired) electrons. The maximum absolute atomic E-state index is 13.5. The number of benzene rings is 2. The van der Waals surface area contributed by atoms with Gasteiger partial charge in [0.25, 0.3) is 5.91 Å². The molecule has 6 heteroatoms. The number of halogens is 2. The zero-order valence-electron chi connectivity index (χ0n) is 15.5. The van der Waals surface area contributed by atoms with Crippen LogP contribution in [0.2, 0.25) is 0 Å². The fourth-order valence-corrected chi connectivity index (χ4v) is 2.66. The monoisotopic (exact) mass is 374 g/mol. The van der Waals surface area contributed by atoms with Crippen molar-refractivity contribution < 1.29 is 18.4 Å². The molecule has 2 aromatic carbocycles. The van der Waals surface area contributed by atoms with Crippen LogP contribution in [-0.2, 0) is 11.2 Å². The number of rotatable bonds is 8. The summed E-state index contributed by atoms with van der Waals surface area (Å²) in [6.45, 7) is 4.23. The Labute approximate surface area is 158 Å². The van der Waals surface area contributed by atoms with E-state index in [-0.39, 0.29) is 30.5 Å². The van der Waals surface area contributed by atoms with E-state index < -0.39 is 17.5 Å². The molecule has 2 N–H and O–H groups in total. The van der Waals surface area contributed by atoms with Crippen LogP contribution in [0.25, 0.3) is 0 Å². The van der Waals surface area contributed by atoms with Crippen molar-refractivity contribution in [2.75, 3.05) is 6.54 Å². The Balaban J connectivity index is 1.73. The number of amides is 2. The van der Waals surface area contributed by atoms with Crippen molar-refractivity contribution in [3.05, 3.63) is 70.8 Å². The van der Waals surface area contributed by atoms with Gasteiger partial charge in [0.2, 0.25) is 5.91 Å². The van der Waals surface area contributed by atoms with Crippen molar-refractivity contribution in [1.29, 1.82) is 0 Å². The Morgan fingerprint density at radius 3 is 2.41 bits per heavy atom. The number of aryl methyl sites for hydroxylation is 1. The molecule has 0 aromatic heterocycles. The third-order valence-corrected chi connectivity index (χ3v) is 4.31. The summed E-state index contributed by atoms with van der Waals surface area (Å²) in [5.74, 6) is -2.39. The first-order valence-electron chi connectivity index (χ1n) is 9.02. The molecule has 0 fully saturated rings. The van der Waals surface area contributed by atoms with Crippen molar-refractivity contribution in [2.24, 2.45) is 0 Å². The van der Waals surface area contributed by atoms with Crippen molar-refractivity contribution in [3.63, 3.8) is 0 Å². The molecule has 2 amide bonds. The molecule has 1 atom stereocenters. The minimum absolute atomic E-state index is 0.105. The molecule has 2 rings (SSSR count). The molecule has 0 aliphatic rings. The predicted molar refractivity (Wildman–Crippen MR) is 100 cm³/mol. The summed E-state index contributed by atoms with van der Waals surface area (Å²) in [7, 11) is 0. The topological polar surface area (TPSA) is 58.2 Å². The van der Waals surface area contributed by atoms with Crippen LogP contribution in [0.4, 0.5) is 8.78 Å². The Morgan fingerprint density at radius 1 is 1.07 bits per heavy atom. The maximum atomic E-state index is 13.5. The molecule has 4 nitrogen and oxygen atoms in total. The van der Waals surface area contributed by atoms with E-state index in [9.17, 15) is 18.4 Å². The second kappa shape index (κ2) is 9.80. The number of nitrogens with one attached hydrogen (secondary N) is 2. The molecule has 0 bridgehead atoms. The molecule has 27 heavy (non-hydrogen) atoms. The highest BCUT2D eigenvalue weighted by Crippen LogP contribution is 2.14. The first kappa shape index (κ1) is 20.6. The largest absolute Gasteiger partial charge is 0.352 e. The van der Waals surface area contributed by atoms with E-state index >= 15 is 0 Å². The van der Waals surface area contributed by atoms with Crippen LogP contribution >= 0.6 is 0 Å². The van der Waals surface area contributed by atoms with Crippen LogP contribution in [0, 0.1) is 11.6 Å². The molecule has 0 heterocycles. The zero-order chi connectivity index (χ0) is 19.8. The van der Waals surface area contributed by atoms with Gasteiger partial charge < -0.3 is 10.6 Å². The smallest absolute Gasteiger partial charge is 0.254 e. The van der Waals surface area contributed by atoms with Crippen LogP contribution in [-0.4, -0.2) is 18.4 Å². The van der Waals surface area contributed by atoms with E-state index in [2.05, 4.69) is 17.6 Å². The summed E-state index contributed by atoms with van der Waals surface area (Å²) < 4.78 is 26.4. The van der Waals surface area contributed by atoms with Crippen LogP contribution in [0.1, 0.15) is 54.2 Å². The van der Waals surface area contributed by atoms with Gasteiger partial charge in [-0.25, -0.2) is 8.78 Å². The lowest BCUT2D eigenvalue weighted by atomic mass is 10.0. The molecule has 0 aliphatic carbocycles. The fourth-order valence-electron chi connectivity index (χ4n) is 2.66. The summed E-state index contributed by atoms with van der Waals surface area (Å²) in [5.41, 5.74) is 2.05. The van der Waals surface area contributed by atoms with Gasteiger partial charge in [-0.15, -0.1) is 0 Å². The lowest BCUT2D eigenvalue weighted by molar-refractivity contribution is -0.121. The number of carbonyl (C=O) groups excluding carboxylic acids is 2. The first-order chi connectivity index (χ1) is 12.9. The Morgan fingerprint density at radius 2 is 1.78 bits per heavy atom. The quantitative estimate of drug-likeness (QED) is 0.688. The number of hydrogen-bond donors (Lipinski definition) is 2. The van der Waals surface area contributed by atoms with E-state index in [1.165, 1.54) is 5.56 Å². The van der Waals surface area contributed by atoms with Crippen LogP contribution in [0.5, 0.6) is 0 Å². The minimum Gasteiger partial charge on any atom is -0.352 e. The van der Waals surface area contributed by atoms with Gasteiger partial charge >= 0.3 is 0 Å². The van der Waals surface area contributed by atoms with Gasteiger partial charge in [-0.3, -0.25) is 9.59 Å². The van der Waals surface area contributed by atoms with Crippen molar-refractivity contribution >= 4 is 11.8 Å². The molecule has 0 saturated heterocycles. The van der Waals surface area contributed by atoms with Crippen LogP contribution in [0.15, 0.2) is 42.5 Å². The third kappa shape index (κ3) is 6.16. The maximum Gasteiger partial charge on any atom is 0.254 e. The molecule has 144 valence electrons. The van der Waals surface area contributed by atoms with Gasteiger partial charge in [0.05, 0.1) is 11.6 Å². The Kier molecular flexibility index (Phi) is 7.46. The van der Waals surface area contributed by atoms with Gasteiger partial charge in [-0.2, -0.15) is 0 Å². The Bertz CT molecular complexity index is 791. The molecular formula is C21H24F2N2O2. The van der Waals surface area contributed by atoms with Gasteiger partial charge in [0.15, 0.2) is 0 Å². The molecule has 0 spiro atoms. The summed E-state index contributed by atoms with van der Waals surface area (Å²) >= 11 is 0. The third-order valence-electron chi connectivity index (χ3n) is 4.31. The summed E-state index contributed by atoms with van der Waals surface area (Å²) in [5, 5.41) is 5.45.